The molecule has 0 saturated heterocycles. The summed E-state index contributed by atoms with van der Waals surface area (Å²) >= 11 is 0. The van der Waals surface area contributed by atoms with Gasteiger partial charge in [-0.2, -0.15) is 0 Å². The van der Waals surface area contributed by atoms with Crippen molar-refractivity contribution in [3.05, 3.63) is 170 Å². The lowest BCUT2D eigenvalue weighted by molar-refractivity contribution is 0.669. The first-order valence-electron chi connectivity index (χ1n) is 16.2. The highest BCUT2D eigenvalue weighted by Gasteiger charge is 2.19. The molecule has 0 bridgehead atoms. The number of rotatable bonds is 3. The lowest BCUT2D eigenvalue weighted by atomic mass is 9.84. The van der Waals surface area contributed by atoms with E-state index in [1.54, 1.807) is 0 Å². The van der Waals surface area contributed by atoms with Crippen LogP contribution in [0.25, 0.3) is 98.4 Å². The second-order valence-corrected chi connectivity index (χ2v) is 12.4. The molecule has 47 heavy (non-hydrogen) atoms. The third-order valence-electron chi connectivity index (χ3n) is 9.87. The average molecular weight is 597 g/mol. The summed E-state index contributed by atoms with van der Waals surface area (Å²) < 4.78 is 6.20. The molecular weight excluding hydrogens is 569 g/mol. The molecule has 0 saturated carbocycles. The Hall–Kier alpha value is -6.18. The second-order valence-electron chi connectivity index (χ2n) is 12.4. The molecule has 0 aliphatic rings. The van der Waals surface area contributed by atoms with Crippen molar-refractivity contribution in [2.45, 2.75) is 0 Å². The van der Waals surface area contributed by atoms with Crippen molar-refractivity contribution in [3.63, 3.8) is 0 Å². The van der Waals surface area contributed by atoms with E-state index in [0.717, 1.165) is 21.9 Å². The minimum atomic E-state index is 0.915. The molecule has 0 fully saturated rings. The van der Waals surface area contributed by atoms with E-state index >= 15 is 0 Å². The molecule has 0 aliphatic heterocycles. The van der Waals surface area contributed by atoms with Gasteiger partial charge in [-0.3, -0.25) is 0 Å². The van der Waals surface area contributed by atoms with Gasteiger partial charge in [0.25, 0.3) is 0 Å². The molecule has 1 nitrogen and oxygen atoms in total. The second kappa shape index (κ2) is 10.2. The predicted molar refractivity (Wildman–Crippen MR) is 200 cm³/mol. The zero-order valence-corrected chi connectivity index (χ0v) is 25.6. The highest BCUT2D eigenvalue weighted by molar-refractivity contribution is 6.25. The van der Waals surface area contributed by atoms with Crippen molar-refractivity contribution in [2.75, 3.05) is 0 Å². The Kier molecular flexibility index (Phi) is 5.64. The standard InChI is InChI=1S/C46H28O/c1-2-12-29(13-3-1)31-19-10-20-32-33-21-11-22-37(35(33)26-25-34(31)32)46-40-17-6-4-15-38(40)45(39-16-5-7-18-41(39)46)30-24-27-44-42(28-30)36-14-8-9-23-43(36)47-44/h1-28H. The van der Waals surface area contributed by atoms with Gasteiger partial charge in [0.05, 0.1) is 0 Å². The van der Waals surface area contributed by atoms with Crippen LogP contribution in [0.3, 0.4) is 0 Å². The molecule has 1 aromatic heterocycles. The Labute approximate surface area is 271 Å². The van der Waals surface area contributed by atoms with E-state index < -0.39 is 0 Å². The van der Waals surface area contributed by atoms with Crippen LogP contribution in [0.4, 0.5) is 0 Å². The number of para-hydroxylation sites is 1. The summed E-state index contributed by atoms with van der Waals surface area (Å²) in [5, 5.41) is 12.4. The molecule has 0 aliphatic carbocycles. The summed E-state index contributed by atoms with van der Waals surface area (Å²) in [4.78, 5) is 0. The summed E-state index contributed by atoms with van der Waals surface area (Å²) in [6.07, 6.45) is 0. The third-order valence-corrected chi connectivity index (χ3v) is 9.87. The topological polar surface area (TPSA) is 13.1 Å². The maximum atomic E-state index is 6.20. The molecule has 10 aromatic rings. The molecule has 0 unspecified atom stereocenters. The van der Waals surface area contributed by atoms with E-state index in [1.807, 2.05) is 12.1 Å². The van der Waals surface area contributed by atoms with Crippen LogP contribution < -0.4 is 0 Å². The summed E-state index contributed by atoms with van der Waals surface area (Å²) in [7, 11) is 0. The van der Waals surface area contributed by atoms with Crippen LogP contribution in [-0.4, -0.2) is 0 Å². The molecule has 9 aromatic carbocycles. The molecule has 10 rings (SSSR count). The Bertz CT molecular complexity index is 2780. The predicted octanol–water partition coefficient (Wildman–Crippen LogP) is 13.2. The normalized spacial score (nSPS) is 11.8. The van der Waals surface area contributed by atoms with Gasteiger partial charge in [-0.25, -0.2) is 0 Å². The van der Waals surface area contributed by atoms with Gasteiger partial charge in [0, 0.05) is 10.8 Å². The first kappa shape index (κ1) is 26.1. The Morgan fingerprint density at radius 1 is 0.255 bits per heavy atom. The van der Waals surface area contributed by atoms with Gasteiger partial charge in [-0.05, 0) is 94.7 Å². The summed E-state index contributed by atoms with van der Waals surface area (Å²) in [6.45, 7) is 0. The SMILES string of the molecule is c1ccc(-c2cccc3c2ccc2c(-c4c5ccccc5c(-c5ccc6oc7ccccc7c6c5)c5ccccc45)cccc23)cc1. The average Bonchev–Trinajstić information content (AvgIpc) is 3.51. The number of benzene rings is 9. The van der Waals surface area contributed by atoms with Gasteiger partial charge in [0.15, 0.2) is 0 Å². The van der Waals surface area contributed by atoms with Crippen molar-refractivity contribution in [1.29, 1.82) is 0 Å². The van der Waals surface area contributed by atoms with Crippen LogP contribution in [0, 0.1) is 0 Å². The zero-order valence-electron chi connectivity index (χ0n) is 25.6. The fraction of sp³-hybridized carbons (Fsp3) is 0. The van der Waals surface area contributed by atoms with Crippen LogP contribution in [0.5, 0.6) is 0 Å². The van der Waals surface area contributed by atoms with Crippen molar-refractivity contribution in [2.24, 2.45) is 0 Å². The van der Waals surface area contributed by atoms with Crippen LogP contribution in [0.2, 0.25) is 0 Å². The van der Waals surface area contributed by atoms with Crippen LogP contribution in [0.15, 0.2) is 174 Å². The number of fused-ring (bicyclic) bond motifs is 8. The summed E-state index contributed by atoms with van der Waals surface area (Å²) in [6, 6.07) is 61.6. The zero-order chi connectivity index (χ0) is 30.9. The minimum Gasteiger partial charge on any atom is -0.456 e. The Balaban J connectivity index is 1.27. The van der Waals surface area contributed by atoms with Crippen molar-refractivity contribution in [3.8, 4) is 33.4 Å². The first-order valence-corrected chi connectivity index (χ1v) is 16.2. The Morgan fingerprint density at radius 3 is 1.45 bits per heavy atom. The van der Waals surface area contributed by atoms with Crippen molar-refractivity contribution in [1.82, 2.24) is 0 Å². The summed E-state index contributed by atoms with van der Waals surface area (Å²) in [5.74, 6) is 0. The van der Waals surface area contributed by atoms with Crippen molar-refractivity contribution < 1.29 is 4.42 Å². The maximum Gasteiger partial charge on any atom is 0.135 e. The fourth-order valence-electron chi connectivity index (χ4n) is 7.82. The Morgan fingerprint density at radius 2 is 0.766 bits per heavy atom. The molecule has 218 valence electrons. The van der Waals surface area contributed by atoms with Crippen LogP contribution in [-0.2, 0) is 0 Å². The van der Waals surface area contributed by atoms with Gasteiger partial charge >= 0.3 is 0 Å². The van der Waals surface area contributed by atoms with Crippen molar-refractivity contribution >= 4 is 65.0 Å². The van der Waals surface area contributed by atoms with E-state index in [1.165, 1.54) is 76.5 Å². The molecule has 1 heterocycles. The lowest BCUT2D eigenvalue weighted by Gasteiger charge is -2.19. The van der Waals surface area contributed by atoms with E-state index in [-0.39, 0.29) is 0 Å². The molecule has 0 amide bonds. The fourth-order valence-corrected chi connectivity index (χ4v) is 7.82. The van der Waals surface area contributed by atoms with Gasteiger partial charge in [-0.1, -0.05) is 152 Å². The number of furan rings is 1. The molecule has 0 radical (unpaired) electrons. The van der Waals surface area contributed by atoms with Gasteiger partial charge < -0.3 is 4.42 Å². The number of hydrogen-bond donors (Lipinski definition) is 0. The van der Waals surface area contributed by atoms with Gasteiger partial charge in [0.1, 0.15) is 11.2 Å². The summed E-state index contributed by atoms with van der Waals surface area (Å²) in [5.41, 5.74) is 9.32. The van der Waals surface area contributed by atoms with Crippen LogP contribution >= 0.6 is 0 Å². The smallest absolute Gasteiger partial charge is 0.135 e. The highest BCUT2D eigenvalue weighted by Crippen LogP contribution is 2.47. The molecule has 0 spiro atoms. The number of hydrogen-bond acceptors (Lipinski definition) is 1. The van der Waals surface area contributed by atoms with E-state index in [9.17, 15) is 0 Å². The molecular formula is C46H28O. The monoisotopic (exact) mass is 596 g/mol. The van der Waals surface area contributed by atoms with Gasteiger partial charge in [0.2, 0.25) is 0 Å². The maximum absolute atomic E-state index is 6.20. The highest BCUT2D eigenvalue weighted by atomic mass is 16.3. The molecule has 1 heteroatoms. The molecule has 0 N–H and O–H groups in total. The molecule has 0 atom stereocenters. The van der Waals surface area contributed by atoms with Crippen LogP contribution in [0.1, 0.15) is 0 Å². The third kappa shape index (κ3) is 3.90. The van der Waals surface area contributed by atoms with E-state index in [0.29, 0.717) is 0 Å². The lowest BCUT2D eigenvalue weighted by Crippen LogP contribution is -1.92. The minimum absolute atomic E-state index is 0.915. The van der Waals surface area contributed by atoms with E-state index in [4.69, 9.17) is 4.42 Å². The quantitative estimate of drug-likeness (QED) is 0.146. The van der Waals surface area contributed by atoms with E-state index in [2.05, 4.69) is 158 Å². The first-order chi connectivity index (χ1) is 23.3. The largest absolute Gasteiger partial charge is 0.456 e. The van der Waals surface area contributed by atoms with Gasteiger partial charge in [-0.15, -0.1) is 0 Å².